The molecule has 4 nitrogen and oxygen atoms in total. The molecule has 1 aromatic rings. The smallest absolute Gasteiger partial charge is 0.389 e. The number of rotatable bonds is 3. The number of aliphatic hydroxyl groups excluding tert-OH is 2. The molecule has 2 unspecified atom stereocenters. The van der Waals surface area contributed by atoms with Crippen LogP contribution in [-0.4, -0.2) is 27.8 Å². The summed E-state index contributed by atoms with van der Waals surface area (Å²) >= 11 is 0. The summed E-state index contributed by atoms with van der Waals surface area (Å²) in [6, 6.07) is 0.738. The standard InChI is InChI=1S/C9H11F3N2O2/c10-9(11,12)6-1-2-14-4-5(6)8(16)7(15)3-13/h1-2,4,7-8,15-16H,3,13H2. The summed E-state index contributed by atoms with van der Waals surface area (Å²) in [5.41, 5.74) is 3.55. The first-order chi connectivity index (χ1) is 7.38. The lowest BCUT2D eigenvalue weighted by Gasteiger charge is -2.20. The van der Waals surface area contributed by atoms with E-state index in [0.717, 1.165) is 18.5 Å². The van der Waals surface area contributed by atoms with Crippen molar-refractivity contribution in [1.82, 2.24) is 4.98 Å². The van der Waals surface area contributed by atoms with Gasteiger partial charge in [-0.3, -0.25) is 4.98 Å². The average Bonchev–Trinajstić information content (AvgIpc) is 2.26. The van der Waals surface area contributed by atoms with E-state index in [4.69, 9.17) is 5.73 Å². The van der Waals surface area contributed by atoms with Gasteiger partial charge in [0.1, 0.15) is 6.10 Å². The van der Waals surface area contributed by atoms with Crippen molar-refractivity contribution >= 4 is 0 Å². The van der Waals surface area contributed by atoms with Gasteiger partial charge in [0.15, 0.2) is 0 Å². The van der Waals surface area contributed by atoms with Crippen LogP contribution in [0.25, 0.3) is 0 Å². The van der Waals surface area contributed by atoms with Gasteiger partial charge in [-0.05, 0) is 6.07 Å². The molecule has 0 aromatic carbocycles. The molecule has 0 amide bonds. The fraction of sp³-hybridized carbons (Fsp3) is 0.444. The summed E-state index contributed by atoms with van der Waals surface area (Å²) < 4.78 is 37.6. The molecule has 0 bridgehead atoms. The molecule has 0 spiro atoms. The third-order valence-electron chi connectivity index (χ3n) is 2.08. The minimum absolute atomic E-state index is 0.340. The zero-order valence-electron chi connectivity index (χ0n) is 8.15. The summed E-state index contributed by atoms with van der Waals surface area (Å²) in [5, 5.41) is 18.7. The summed E-state index contributed by atoms with van der Waals surface area (Å²) in [6.45, 7) is -0.340. The van der Waals surface area contributed by atoms with Crippen LogP contribution in [-0.2, 0) is 6.18 Å². The normalized spacial score (nSPS) is 15.9. The molecule has 0 saturated heterocycles. The van der Waals surface area contributed by atoms with Gasteiger partial charge >= 0.3 is 6.18 Å². The topological polar surface area (TPSA) is 79.4 Å². The minimum atomic E-state index is -4.60. The second-order valence-corrected chi connectivity index (χ2v) is 3.21. The molecular formula is C9H11F3N2O2. The van der Waals surface area contributed by atoms with Gasteiger partial charge in [0.25, 0.3) is 0 Å². The summed E-state index contributed by atoms with van der Waals surface area (Å²) in [5.74, 6) is 0. The number of nitrogens with two attached hydrogens (primary N) is 1. The molecule has 0 saturated carbocycles. The molecule has 0 radical (unpaired) electrons. The molecule has 16 heavy (non-hydrogen) atoms. The predicted octanol–water partition coefficient (Wildman–Crippen LogP) is 0.453. The number of halogens is 3. The third kappa shape index (κ3) is 2.69. The van der Waals surface area contributed by atoms with E-state index in [1.165, 1.54) is 0 Å². The maximum Gasteiger partial charge on any atom is 0.416 e. The molecule has 90 valence electrons. The Morgan fingerprint density at radius 2 is 2.00 bits per heavy atom. The lowest BCUT2D eigenvalue weighted by atomic mass is 10.0. The van der Waals surface area contributed by atoms with E-state index in [0.29, 0.717) is 0 Å². The first-order valence-corrected chi connectivity index (χ1v) is 4.45. The Morgan fingerprint density at radius 1 is 1.38 bits per heavy atom. The first kappa shape index (κ1) is 12.9. The van der Waals surface area contributed by atoms with Crippen LogP contribution in [0.15, 0.2) is 18.5 Å². The van der Waals surface area contributed by atoms with E-state index in [9.17, 15) is 23.4 Å². The fourth-order valence-corrected chi connectivity index (χ4v) is 1.24. The Bertz CT molecular complexity index is 357. The van der Waals surface area contributed by atoms with Crippen LogP contribution in [0, 0.1) is 0 Å². The van der Waals surface area contributed by atoms with Crippen molar-refractivity contribution in [2.45, 2.75) is 18.4 Å². The lowest BCUT2D eigenvalue weighted by Crippen LogP contribution is -2.28. The van der Waals surface area contributed by atoms with Crippen LogP contribution in [0.4, 0.5) is 13.2 Å². The summed E-state index contributed by atoms with van der Waals surface area (Å²) in [6.07, 6.45) is -5.92. The van der Waals surface area contributed by atoms with E-state index in [1.807, 2.05) is 0 Å². The van der Waals surface area contributed by atoms with Gasteiger partial charge in [-0.1, -0.05) is 0 Å². The quantitative estimate of drug-likeness (QED) is 0.712. The largest absolute Gasteiger partial charge is 0.416 e. The van der Waals surface area contributed by atoms with Crippen molar-refractivity contribution < 1.29 is 23.4 Å². The number of aliphatic hydroxyl groups is 2. The van der Waals surface area contributed by atoms with Crippen LogP contribution in [0.2, 0.25) is 0 Å². The van der Waals surface area contributed by atoms with E-state index >= 15 is 0 Å². The Balaban J connectivity index is 3.13. The number of hydrogen-bond acceptors (Lipinski definition) is 4. The van der Waals surface area contributed by atoms with Crippen molar-refractivity contribution in [1.29, 1.82) is 0 Å². The minimum Gasteiger partial charge on any atom is -0.389 e. The molecule has 4 N–H and O–H groups in total. The number of pyridine rings is 1. The Labute approximate surface area is 89.5 Å². The van der Waals surface area contributed by atoms with Gasteiger partial charge in [-0.2, -0.15) is 13.2 Å². The Morgan fingerprint density at radius 3 is 2.50 bits per heavy atom. The lowest BCUT2D eigenvalue weighted by molar-refractivity contribution is -0.140. The van der Waals surface area contributed by atoms with Gasteiger partial charge in [0.05, 0.1) is 11.7 Å². The van der Waals surface area contributed by atoms with Crippen LogP contribution >= 0.6 is 0 Å². The second-order valence-electron chi connectivity index (χ2n) is 3.21. The number of hydrogen-bond donors (Lipinski definition) is 3. The monoisotopic (exact) mass is 236 g/mol. The number of aromatic nitrogens is 1. The second kappa shape index (κ2) is 4.77. The van der Waals surface area contributed by atoms with E-state index < -0.39 is 29.5 Å². The summed E-state index contributed by atoms with van der Waals surface area (Å²) in [7, 11) is 0. The number of alkyl halides is 3. The van der Waals surface area contributed by atoms with Gasteiger partial charge in [-0.25, -0.2) is 0 Å². The zero-order chi connectivity index (χ0) is 12.3. The Hall–Kier alpha value is -1.18. The molecule has 0 aliphatic carbocycles. The maximum atomic E-state index is 12.5. The van der Waals surface area contributed by atoms with E-state index in [1.54, 1.807) is 0 Å². The van der Waals surface area contributed by atoms with Crippen molar-refractivity contribution in [3.05, 3.63) is 29.6 Å². The highest BCUT2D eigenvalue weighted by molar-refractivity contribution is 5.28. The molecule has 7 heteroatoms. The van der Waals surface area contributed by atoms with Gasteiger partial charge in [0, 0.05) is 24.5 Å². The molecule has 1 heterocycles. The molecule has 0 aliphatic rings. The van der Waals surface area contributed by atoms with Crippen molar-refractivity contribution in [3.63, 3.8) is 0 Å². The van der Waals surface area contributed by atoms with Gasteiger partial charge in [0.2, 0.25) is 0 Å². The van der Waals surface area contributed by atoms with Crippen LogP contribution < -0.4 is 5.73 Å². The number of nitrogens with zero attached hydrogens (tertiary/aromatic N) is 1. The molecule has 1 rings (SSSR count). The maximum absolute atomic E-state index is 12.5. The highest BCUT2D eigenvalue weighted by Gasteiger charge is 2.36. The molecule has 0 aliphatic heterocycles. The zero-order valence-corrected chi connectivity index (χ0v) is 8.15. The van der Waals surface area contributed by atoms with Crippen molar-refractivity contribution in [2.24, 2.45) is 5.73 Å². The molecule has 1 aromatic heterocycles. The Kier molecular flexibility index (Phi) is 3.84. The van der Waals surface area contributed by atoms with E-state index in [-0.39, 0.29) is 6.54 Å². The first-order valence-electron chi connectivity index (χ1n) is 4.45. The van der Waals surface area contributed by atoms with Gasteiger partial charge < -0.3 is 15.9 Å². The van der Waals surface area contributed by atoms with Crippen molar-refractivity contribution in [2.75, 3.05) is 6.54 Å². The molecule has 2 atom stereocenters. The van der Waals surface area contributed by atoms with E-state index in [2.05, 4.69) is 4.98 Å². The SMILES string of the molecule is NCC(O)C(O)c1cnccc1C(F)(F)F. The van der Waals surface area contributed by atoms with Crippen LogP contribution in [0.3, 0.4) is 0 Å². The molecule has 0 fully saturated rings. The van der Waals surface area contributed by atoms with Crippen LogP contribution in [0.1, 0.15) is 17.2 Å². The van der Waals surface area contributed by atoms with Gasteiger partial charge in [-0.15, -0.1) is 0 Å². The summed E-state index contributed by atoms with van der Waals surface area (Å²) in [4.78, 5) is 3.48. The predicted molar refractivity (Wildman–Crippen MR) is 49.3 cm³/mol. The van der Waals surface area contributed by atoms with Crippen LogP contribution in [0.5, 0.6) is 0 Å². The van der Waals surface area contributed by atoms with Crippen molar-refractivity contribution in [3.8, 4) is 0 Å². The average molecular weight is 236 g/mol. The highest BCUT2D eigenvalue weighted by atomic mass is 19.4. The highest BCUT2D eigenvalue weighted by Crippen LogP contribution is 2.34. The third-order valence-corrected chi connectivity index (χ3v) is 2.08. The molecular weight excluding hydrogens is 225 g/mol. The fourth-order valence-electron chi connectivity index (χ4n) is 1.24.